The van der Waals surface area contributed by atoms with Crippen LogP contribution in [0.4, 0.5) is 5.69 Å². The van der Waals surface area contributed by atoms with Crippen molar-refractivity contribution >= 4 is 40.2 Å². The van der Waals surface area contributed by atoms with Crippen molar-refractivity contribution in [1.82, 2.24) is 0 Å². The Bertz CT molecular complexity index is 393. The molecule has 0 radical (unpaired) electrons. The number of rotatable bonds is 3. The summed E-state index contributed by atoms with van der Waals surface area (Å²) in [5.74, 6) is 0.162. The van der Waals surface area contributed by atoms with Gasteiger partial charge in [-0.15, -0.1) is 0 Å². The molecule has 0 heterocycles. The van der Waals surface area contributed by atoms with Gasteiger partial charge in [-0.05, 0) is 30.5 Å². The number of hydrogen-bond acceptors (Lipinski definition) is 2. The highest BCUT2D eigenvalue weighted by molar-refractivity contribution is 9.10. The van der Waals surface area contributed by atoms with Crippen LogP contribution in [0.2, 0.25) is 0 Å². The molecule has 0 aliphatic carbocycles. The summed E-state index contributed by atoms with van der Waals surface area (Å²) in [7, 11) is 0. The average molecular weight is 302 g/mol. The van der Waals surface area contributed by atoms with Gasteiger partial charge in [-0.25, -0.2) is 0 Å². The molecule has 1 aromatic carbocycles. The van der Waals surface area contributed by atoms with Crippen molar-refractivity contribution in [1.29, 1.82) is 0 Å². The van der Waals surface area contributed by atoms with Gasteiger partial charge >= 0.3 is 0 Å². The maximum absolute atomic E-state index is 11.8. The first-order chi connectivity index (χ1) is 7.41. The Labute approximate surface area is 110 Å². The summed E-state index contributed by atoms with van der Waals surface area (Å²) in [5.41, 5.74) is 1.87. The molecule has 0 aliphatic heterocycles. The van der Waals surface area contributed by atoms with Crippen LogP contribution in [0, 0.1) is 12.8 Å². The maximum Gasteiger partial charge on any atom is 0.237 e. The lowest BCUT2D eigenvalue weighted by atomic mass is 10.1. The van der Waals surface area contributed by atoms with E-state index in [1.807, 2.05) is 39.0 Å². The van der Waals surface area contributed by atoms with E-state index in [2.05, 4.69) is 33.9 Å². The minimum Gasteiger partial charge on any atom is -0.325 e. The number of aryl methyl sites for hydroxylation is 1. The molecule has 16 heavy (non-hydrogen) atoms. The van der Waals surface area contributed by atoms with Gasteiger partial charge in [-0.1, -0.05) is 35.8 Å². The molecule has 1 atom stereocenters. The highest BCUT2D eigenvalue weighted by Crippen LogP contribution is 2.21. The quantitative estimate of drug-likeness (QED) is 0.820. The van der Waals surface area contributed by atoms with Crippen LogP contribution in [0.3, 0.4) is 0 Å². The van der Waals surface area contributed by atoms with E-state index in [1.165, 1.54) is 0 Å². The van der Waals surface area contributed by atoms with Crippen LogP contribution in [0.5, 0.6) is 0 Å². The molecule has 0 aromatic heterocycles. The second-order valence-corrected chi connectivity index (χ2v) is 5.61. The Hall–Kier alpha value is -0.480. The number of carbonyl (C=O) groups excluding carboxylic acids is 1. The molecule has 0 bridgehead atoms. The number of amides is 1. The predicted octanol–water partition coefficient (Wildman–Crippen LogP) is 3.65. The lowest BCUT2D eigenvalue weighted by Crippen LogP contribution is -2.27. The number of benzene rings is 1. The van der Waals surface area contributed by atoms with Gasteiger partial charge in [0.25, 0.3) is 0 Å². The van der Waals surface area contributed by atoms with Gasteiger partial charge in [-0.3, -0.25) is 4.79 Å². The Morgan fingerprint density at radius 1 is 1.44 bits per heavy atom. The van der Waals surface area contributed by atoms with E-state index in [9.17, 15) is 4.79 Å². The van der Waals surface area contributed by atoms with Gasteiger partial charge in [-0.2, -0.15) is 12.6 Å². The Kier molecular flexibility index (Phi) is 4.87. The third-order valence-electron chi connectivity index (χ3n) is 2.36. The molecule has 1 aromatic rings. The summed E-state index contributed by atoms with van der Waals surface area (Å²) >= 11 is 7.67. The monoisotopic (exact) mass is 301 g/mol. The molecule has 0 spiro atoms. The van der Waals surface area contributed by atoms with E-state index >= 15 is 0 Å². The summed E-state index contributed by atoms with van der Waals surface area (Å²) < 4.78 is 0.952. The molecule has 1 unspecified atom stereocenters. The van der Waals surface area contributed by atoms with Crippen molar-refractivity contribution in [2.24, 2.45) is 5.92 Å². The molecule has 1 N–H and O–H groups in total. The van der Waals surface area contributed by atoms with Crippen molar-refractivity contribution in [2.45, 2.75) is 26.0 Å². The summed E-state index contributed by atoms with van der Waals surface area (Å²) in [4.78, 5) is 11.8. The fourth-order valence-corrected chi connectivity index (χ4v) is 1.66. The smallest absolute Gasteiger partial charge is 0.237 e. The van der Waals surface area contributed by atoms with Crippen molar-refractivity contribution in [2.75, 3.05) is 5.32 Å². The molecule has 0 fully saturated rings. The van der Waals surface area contributed by atoms with Crippen molar-refractivity contribution in [3.8, 4) is 0 Å². The van der Waals surface area contributed by atoms with Gasteiger partial charge in [0.2, 0.25) is 5.91 Å². The van der Waals surface area contributed by atoms with E-state index in [0.717, 1.165) is 15.7 Å². The first-order valence-corrected chi connectivity index (χ1v) is 6.48. The van der Waals surface area contributed by atoms with Gasteiger partial charge in [0, 0.05) is 10.2 Å². The normalized spacial score (nSPS) is 12.6. The molecule has 0 saturated heterocycles. The van der Waals surface area contributed by atoms with Crippen LogP contribution in [0.1, 0.15) is 19.4 Å². The third kappa shape index (κ3) is 3.52. The maximum atomic E-state index is 11.8. The third-order valence-corrected chi connectivity index (χ3v) is 3.68. The molecule has 0 aliphatic rings. The fourth-order valence-electron chi connectivity index (χ4n) is 1.24. The number of thiol groups is 1. The topological polar surface area (TPSA) is 29.1 Å². The van der Waals surface area contributed by atoms with Crippen LogP contribution in [0.15, 0.2) is 22.7 Å². The fraction of sp³-hybridized carbons (Fsp3) is 0.417. The van der Waals surface area contributed by atoms with Crippen molar-refractivity contribution < 1.29 is 4.79 Å². The Morgan fingerprint density at radius 2 is 2.06 bits per heavy atom. The molecule has 2 nitrogen and oxygen atoms in total. The van der Waals surface area contributed by atoms with Crippen molar-refractivity contribution in [3.63, 3.8) is 0 Å². The minimum atomic E-state index is -0.279. The molecule has 0 saturated carbocycles. The summed E-state index contributed by atoms with van der Waals surface area (Å²) in [5, 5.41) is 2.61. The van der Waals surface area contributed by atoms with E-state index < -0.39 is 0 Å². The second-order valence-electron chi connectivity index (χ2n) is 4.14. The molecule has 88 valence electrons. The zero-order valence-electron chi connectivity index (χ0n) is 9.62. The lowest BCUT2D eigenvalue weighted by Gasteiger charge is -2.15. The molecule has 1 amide bonds. The average Bonchev–Trinajstić information content (AvgIpc) is 2.22. The minimum absolute atomic E-state index is 0.0560. The lowest BCUT2D eigenvalue weighted by molar-refractivity contribution is -0.116. The highest BCUT2D eigenvalue weighted by Gasteiger charge is 2.18. The van der Waals surface area contributed by atoms with Crippen LogP contribution in [-0.2, 0) is 4.79 Å². The largest absolute Gasteiger partial charge is 0.325 e. The first kappa shape index (κ1) is 13.6. The number of carbonyl (C=O) groups is 1. The predicted molar refractivity (Wildman–Crippen MR) is 75.1 cm³/mol. The Balaban J connectivity index is 2.80. The van der Waals surface area contributed by atoms with E-state index in [-0.39, 0.29) is 17.1 Å². The molecule has 4 heteroatoms. The van der Waals surface area contributed by atoms with Gasteiger partial charge in [0.15, 0.2) is 0 Å². The van der Waals surface area contributed by atoms with E-state index in [0.29, 0.717) is 0 Å². The zero-order chi connectivity index (χ0) is 12.3. The Morgan fingerprint density at radius 3 is 2.62 bits per heavy atom. The van der Waals surface area contributed by atoms with Crippen LogP contribution >= 0.6 is 28.6 Å². The second kappa shape index (κ2) is 5.73. The number of anilines is 1. The molecular formula is C12H16BrNOS. The van der Waals surface area contributed by atoms with Crippen molar-refractivity contribution in [3.05, 3.63) is 28.2 Å². The van der Waals surface area contributed by atoms with E-state index in [4.69, 9.17) is 0 Å². The van der Waals surface area contributed by atoms with Crippen LogP contribution in [-0.4, -0.2) is 11.2 Å². The van der Waals surface area contributed by atoms with Crippen LogP contribution in [0.25, 0.3) is 0 Å². The number of halogens is 1. The van der Waals surface area contributed by atoms with Gasteiger partial charge < -0.3 is 5.32 Å². The summed E-state index contributed by atoms with van der Waals surface area (Å²) in [6, 6.07) is 5.81. The molecule has 1 rings (SSSR count). The zero-order valence-corrected chi connectivity index (χ0v) is 12.1. The number of hydrogen-bond donors (Lipinski definition) is 2. The summed E-state index contributed by atoms with van der Waals surface area (Å²) in [6.45, 7) is 5.92. The SMILES string of the molecule is Cc1ccc(Br)cc1NC(=O)C(S)C(C)C. The standard InChI is InChI=1S/C12H16BrNOS/c1-7(2)11(16)12(15)14-10-6-9(13)5-4-8(10)3/h4-7,11,16H,1-3H3,(H,14,15). The first-order valence-electron chi connectivity index (χ1n) is 5.17. The van der Waals surface area contributed by atoms with Gasteiger partial charge in [0.1, 0.15) is 0 Å². The molecular weight excluding hydrogens is 286 g/mol. The number of nitrogens with one attached hydrogen (secondary N) is 1. The van der Waals surface area contributed by atoms with E-state index in [1.54, 1.807) is 0 Å². The highest BCUT2D eigenvalue weighted by atomic mass is 79.9. The van der Waals surface area contributed by atoms with Crippen LogP contribution < -0.4 is 5.32 Å². The summed E-state index contributed by atoms with van der Waals surface area (Å²) in [6.07, 6.45) is 0. The van der Waals surface area contributed by atoms with Gasteiger partial charge in [0.05, 0.1) is 5.25 Å².